The Morgan fingerprint density at radius 2 is 1.84 bits per heavy atom. The lowest BCUT2D eigenvalue weighted by Gasteiger charge is -2.19. The molecule has 0 aliphatic carbocycles. The molecule has 0 bridgehead atoms. The van der Waals surface area contributed by atoms with Gasteiger partial charge in [0.05, 0.1) is 25.7 Å². The maximum Gasteiger partial charge on any atom is 0.407 e. The molecule has 138 valence electrons. The minimum atomic E-state index is -0.747. The number of methoxy groups -OCH3 is 1. The van der Waals surface area contributed by atoms with Crippen LogP contribution in [0.4, 0.5) is 4.79 Å². The van der Waals surface area contributed by atoms with Crippen molar-refractivity contribution in [2.75, 3.05) is 13.7 Å². The molecule has 0 aliphatic rings. The standard InChI is InChI=1S/C19H27NO5/c1-4-5-11-25-19(23)20-16(13-15-9-7-6-8-10-15)17(21)12-14(2)18(22)24-3/h6-10,14,16H,4-5,11-13H2,1-3H3,(H,20,23). The van der Waals surface area contributed by atoms with Crippen LogP contribution in [0.2, 0.25) is 0 Å². The van der Waals surface area contributed by atoms with Gasteiger partial charge < -0.3 is 14.8 Å². The molecular weight excluding hydrogens is 322 g/mol. The minimum Gasteiger partial charge on any atom is -0.469 e. The van der Waals surface area contributed by atoms with Gasteiger partial charge >= 0.3 is 12.1 Å². The number of ether oxygens (including phenoxy) is 2. The van der Waals surface area contributed by atoms with Crippen LogP contribution in [0.3, 0.4) is 0 Å². The van der Waals surface area contributed by atoms with Gasteiger partial charge in [-0.15, -0.1) is 0 Å². The topological polar surface area (TPSA) is 81.7 Å². The van der Waals surface area contributed by atoms with Crippen molar-refractivity contribution in [3.05, 3.63) is 35.9 Å². The number of alkyl carbamates (subject to hydrolysis) is 1. The van der Waals surface area contributed by atoms with Crippen molar-refractivity contribution in [1.29, 1.82) is 0 Å². The molecule has 0 saturated carbocycles. The molecule has 1 rings (SSSR count). The second-order valence-electron chi connectivity index (χ2n) is 5.97. The number of hydrogen-bond acceptors (Lipinski definition) is 5. The van der Waals surface area contributed by atoms with Crippen LogP contribution in [0.25, 0.3) is 0 Å². The molecule has 0 fully saturated rings. The van der Waals surface area contributed by atoms with Crippen LogP contribution >= 0.6 is 0 Å². The molecule has 2 atom stereocenters. The molecule has 1 aromatic carbocycles. The summed E-state index contributed by atoms with van der Waals surface area (Å²) in [6.07, 6.45) is 1.41. The molecule has 1 N–H and O–H groups in total. The maximum absolute atomic E-state index is 12.6. The van der Waals surface area contributed by atoms with Gasteiger partial charge in [0.2, 0.25) is 0 Å². The number of nitrogens with one attached hydrogen (secondary N) is 1. The second-order valence-corrected chi connectivity index (χ2v) is 5.97. The molecule has 0 aromatic heterocycles. The van der Waals surface area contributed by atoms with E-state index in [-0.39, 0.29) is 12.2 Å². The van der Waals surface area contributed by atoms with Crippen molar-refractivity contribution in [2.45, 2.75) is 45.6 Å². The summed E-state index contributed by atoms with van der Waals surface area (Å²) in [6, 6.07) is 8.64. The first-order valence-corrected chi connectivity index (χ1v) is 8.55. The molecule has 2 unspecified atom stereocenters. The average Bonchev–Trinajstić information content (AvgIpc) is 2.61. The molecule has 0 heterocycles. The van der Waals surface area contributed by atoms with Gasteiger partial charge in [-0.3, -0.25) is 9.59 Å². The van der Waals surface area contributed by atoms with Crippen LogP contribution in [0.15, 0.2) is 30.3 Å². The van der Waals surface area contributed by atoms with Gasteiger partial charge in [0, 0.05) is 6.42 Å². The fourth-order valence-corrected chi connectivity index (χ4v) is 2.32. The van der Waals surface area contributed by atoms with E-state index in [4.69, 9.17) is 4.74 Å². The molecule has 6 heteroatoms. The van der Waals surface area contributed by atoms with Crippen molar-refractivity contribution in [2.24, 2.45) is 5.92 Å². The normalized spacial score (nSPS) is 12.8. The first-order chi connectivity index (χ1) is 12.0. The summed E-state index contributed by atoms with van der Waals surface area (Å²) in [5.74, 6) is -1.24. The summed E-state index contributed by atoms with van der Waals surface area (Å²) in [5, 5.41) is 2.62. The Hall–Kier alpha value is -2.37. The summed E-state index contributed by atoms with van der Waals surface area (Å²) < 4.78 is 9.73. The summed E-state index contributed by atoms with van der Waals surface area (Å²) in [6.45, 7) is 3.94. The van der Waals surface area contributed by atoms with Gasteiger partial charge in [-0.25, -0.2) is 4.79 Å². The number of benzene rings is 1. The highest BCUT2D eigenvalue weighted by Gasteiger charge is 2.26. The third-order valence-corrected chi connectivity index (χ3v) is 3.81. The summed E-state index contributed by atoms with van der Waals surface area (Å²) in [4.78, 5) is 36.0. The Kier molecular flexibility index (Phi) is 9.29. The third kappa shape index (κ3) is 7.83. The number of carbonyl (C=O) groups is 3. The number of hydrogen-bond donors (Lipinski definition) is 1. The molecule has 1 aromatic rings. The number of esters is 1. The SMILES string of the molecule is CCCCOC(=O)NC(Cc1ccccc1)C(=O)CC(C)C(=O)OC. The van der Waals surface area contributed by atoms with Crippen LogP contribution in [-0.2, 0) is 25.5 Å². The zero-order chi connectivity index (χ0) is 18.7. The molecule has 0 spiro atoms. The number of ketones is 1. The first-order valence-electron chi connectivity index (χ1n) is 8.55. The lowest BCUT2D eigenvalue weighted by molar-refractivity contribution is -0.146. The quantitative estimate of drug-likeness (QED) is 0.519. The van der Waals surface area contributed by atoms with Crippen molar-refractivity contribution in [3.8, 4) is 0 Å². The highest BCUT2D eigenvalue weighted by molar-refractivity contribution is 5.90. The van der Waals surface area contributed by atoms with Crippen LogP contribution in [0.1, 0.15) is 38.7 Å². The molecule has 0 radical (unpaired) electrons. The van der Waals surface area contributed by atoms with E-state index in [9.17, 15) is 14.4 Å². The Labute approximate surface area is 148 Å². The summed E-state index contributed by atoms with van der Waals surface area (Å²) in [5.41, 5.74) is 0.917. The van der Waals surface area contributed by atoms with Crippen LogP contribution in [0, 0.1) is 5.92 Å². The van der Waals surface area contributed by atoms with Crippen molar-refractivity contribution in [1.82, 2.24) is 5.32 Å². The van der Waals surface area contributed by atoms with E-state index < -0.39 is 24.0 Å². The van der Waals surface area contributed by atoms with E-state index in [0.717, 1.165) is 18.4 Å². The van der Waals surface area contributed by atoms with E-state index in [1.54, 1.807) is 6.92 Å². The third-order valence-electron chi connectivity index (χ3n) is 3.81. The highest BCUT2D eigenvalue weighted by atomic mass is 16.5. The van der Waals surface area contributed by atoms with Crippen LogP contribution in [0.5, 0.6) is 0 Å². The predicted octanol–water partition coefficient (Wildman–Crippen LogP) is 2.89. The number of unbranched alkanes of at least 4 members (excludes halogenated alkanes) is 1. The zero-order valence-corrected chi connectivity index (χ0v) is 15.1. The fourth-order valence-electron chi connectivity index (χ4n) is 2.32. The Morgan fingerprint density at radius 3 is 2.44 bits per heavy atom. The molecule has 6 nitrogen and oxygen atoms in total. The van der Waals surface area contributed by atoms with Gasteiger partial charge in [0.15, 0.2) is 5.78 Å². The van der Waals surface area contributed by atoms with Gasteiger partial charge in [-0.2, -0.15) is 0 Å². The average molecular weight is 349 g/mol. The molecule has 25 heavy (non-hydrogen) atoms. The van der Waals surface area contributed by atoms with Crippen LogP contribution in [-0.4, -0.2) is 37.6 Å². The van der Waals surface area contributed by atoms with Crippen molar-refractivity contribution >= 4 is 17.8 Å². The van der Waals surface area contributed by atoms with E-state index >= 15 is 0 Å². The molecule has 1 amide bonds. The fraction of sp³-hybridized carbons (Fsp3) is 0.526. The van der Waals surface area contributed by atoms with Gasteiger partial charge in [0.25, 0.3) is 0 Å². The summed E-state index contributed by atoms with van der Waals surface area (Å²) in [7, 11) is 1.29. The number of carbonyl (C=O) groups excluding carboxylic acids is 3. The monoisotopic (exact) mass is 349 g/mol. The Bertz CT molecular complexity index is 558. The van der Waals surface area contributed by atoms with E-state index in [1.807, 2.05) is 37.3 Å². The summed E-state index contributed by atoms with van der Waals surface area (Å²) >= 11 is 0. The van der Waals surface area contributed by atoms with Crippen molar-refractivity contribution < 1.29 is 23.9 Å². The lowest BCUT2D eigenvalue weighted by Crippen LogP contribution is -2.43. The van der Waals surface area contributed by atoms with Gasteiger partial charge in [-0.05, 0) is 18.4 Å². The Balaban J connectivity index is 2.74. The van der Waals surface area contributed by atoms with Gasteiger partial charge in [-0.1, -0.05) is 50.6 Å². The number of amides is 1. The molecule has 0 saturated heterocycles. The highest BCUT2D eigenvalue weighted by Crippen LogP contribution is 2.11. The molecule has 0 aliphatic heterocycles. The zero-order valence-electron chi connectivity index (χ0n) is 15.1. The van der Waals surface area contributed by atoms with E-state index in [2.05, 4.69) is 10.1 Å². The van der Waals surface area contributed by atoms with Crippen molar-refractivity contribution in [3.63, 3.8) is 0 Å². The number of rotatable bonds is 10. The lowest BCUT2D eigenvalue weighted by atomic mass is 9.95. The smallest absolute Gasteiger partial charge is 0.407 e. The van der Waals surface area contributed by atoms with Crippen LogP contribution < -0.4 is 5.32 Å². The largest absolute Gasteiger partial charge is 0.469 e. The van der Waals surface area contributed by atoms with Gasteiger partial charge in [0.1, 0.15) is 0 Å². The predicted molar refractivity (Wildman–Crippen MR) is 94.1 cm³/mol. The van der Waals surface area contributed by atoms with E-state index in [0.29, 0.717) is 13.0 Å². The number of Topliss-reactive ketones (excluding diaryl/α,β-unsaturated/α-hetero) is 1. The van der Waals surface area contributed by atoms with E-state index in [1.165, 1.54) is 7.11 Å². The maximum atomic E-state index is 12.6. The first kappa shape index (κ1) is 20.7. The minimum absolute atomic E-state index is 0.000582. The molecular formula is C19H27NO5. The Morgan fingerprint density at radius 1 is 1.16 bits per heavy atom. The second kappa shape index (κ2) is 11.2.